The van der Waals surface area contributed by atoms with E-state index in [2.05, 4.69) is 27.4 Å². The van der Waals surface area contributed by atoms with Gasteiger partial charge in [-0.25, -0.2) is 14.4 Å². The van der Waals surface area contributed by atoms with Gasteiger partial charge in [0.15, 0.2) is 0 Å². The molecule has 0 aromatic heterocycles. The van der Waals surface area contributed by atoms with Crippen LogP contribution in [0.1, 0.15) is 74.1 Å². The lowest BCUT2D eigenvalue weighted by Gasteiger charge is -2.24. The molecule has 3 N–H and O–H groups in total. The van der Waals surface area contributed by atoms with Crippen molar-refractivity contribution < 1.29 is 47.9 Å². The van der Waals surface area contributed by atoms with Crippen LogP contribution in [0.3, 0.4) is 0 Å². The molecule has 14 heteroatoms. The number of aliphatic carboxylic acids is 1. The topological polar surface area (TPSA) is 157 Å². The van der Waals surface area contributed by atoms with Gasteiger partial charge in [-0.1, -0.05) is 54.4 Å². The first-order valence-electron chi connectivity index (χ1n) is 19.0. The molecule has 0 spiro atoms. The highest BCUT2D eigenvalue weighted by Gasteiger charge is 2.20. The van der Waals surface area contributed by atoms with Crippen molar-refractivity contribution in [1.82, 2.24) is 10.6 Å². The molecule has 0 radical (unpaired) electrons. The number of nitrogens with zero attached hydrogens (tertiary/aromatic N) is 2. The second-order valence-corrected chi connectivity index (χ2v) is 11.4. The van der Waals surface area contributed by atoms with Crippen LogP contribution in [0.4, 0.5) is 21.0 Å². The molecule has 14 nitrogen and oxygen atoms in total. The Balaban J connectivity index is 0. The SMILES string of the molecule is CC.CC.CCC[C@@H](C)NC(=O)Oc1ccc(N(CCOC)CCOC)cc1.CCC[C@H](NC(=O)Oc1ccc(N(CCOC)CCOC)cc1)C(=O)O. The van der Waals surface area contributed by atoms with Gasteiger partial charge in [-0.3, -0.25) is 0 Å². The number of carboxylic acid groups (broad SMARTS) is 1. The minimum atomic E-state index is -1.08. The van der Waals surface area contributed by atoms with Gasteiger partial charge in [-0.2, -0.15) is 0 Å². The Kier molecular flexibility index (Phi) is 33.4. The number of carbonyl (C=O) groups is 3. The Labute approximate surface area is 324 Å². The van der Waals surface area contributed by atoms with E-state index >= 15 is 0 Å². The molecule has 2 aromatic rings. The van der Waals surface area contributed by atoms with E-state index in [9.17, 15) is 14.4 Å². The summed E-state index contributed by atoms with van der Waals surface area (Å²) in [5.74, 6) is -0.213. The first-order chi connectivity index (χ1) is 26.1. The monoisotopic (exact) mass is 767 g/mol. The Morgan fingerprint density at radius 1 is 0.593 bits per heavy atom. The van der Waals surface area contributed by atoms with Gasteiger partial charge in [0, 0.05) is 72.0 Å². The molecule has 0 saturated carbocycles. The Morgan fingerprint density at radius 2 is 0.926 bits per heavy atom. The van der Waals surface area contributed by atoms with Crippen LogP contribution in [-0.2, 0) is 23.7 Å². The number of hydrogen-bond donors (Lipinski definition) is 3. The van der Waals surface area contributed by atoms with Crippen LogP contribution >= 0.6 is 0 Å². The lowest BCUT2D eigenvalue weighted by atomic mass is 10.2. The zero-order valence-corrected chi connectivity index (χ0v) is 34.8. The zero-order chi connectivity index (χ0) is 41.1. The fourth-order valence-corrected chi connectivity index (χ4v) is 4.66. The van der Waals surface area contributed by atoms with E-state index in [1.165, 1.54) is 0 Å². The molecular weight excluding hydrogens is 696 g/mol. The summed E-state index contributed by atoms with van der Waals surface area (Å²) in [4.78, 5) is 39.0. The maximum absolute atomic E-state index is 11.9. The number of methoxy groups -OCH3 is 4. The molecule has 310 valence electrons. The predicted molar refractivity (Wildman–Crippen MR) is 217 cm³/mol. The number of hydrogen-bond acceptors (Lipinski definition) is 11. The van der Waals surface area contributed by atoms with Crippen LogP contribution in [0, 0.1) is 0 Å². The molecule has 0 aliphatic heterocycles. The van der Waals surface area contributed by atoms with Gasteiger partial charge >= 0.3 is 18.2 Å². The van der Waals surface area contributed by atoms with Crippen LogP contribution in [-0.4, -0.2) is 116 Å². The predicted octanol–water partition coefficient (Wildman–Crippen LogP) is 7.24. The minimum absolute atomic E-state index is 0.111. The van der Waals surface area contributed by atoms with Crippen molar-refractivity contribution in [3.8, 4) is 11.5 Å². The average molecular weight is 767 g/mol. The number of anilines is 2. The van der Waals surface area contributed by atoms with Gasteiger partial charge in [0.05, 0.1) is 26.4 Å². The highest BCUT2D eigenvalue weighted by molar-refractivity contribution is 5.80. The van der Waals surface area contributed by atoms with E-state index in [-0.39, 0.29) is 6.04 Å². The summed E-state index contributed by atoms with van der Waals surface area (Å²) in [5.41, 5.74) is 1.98. The number of carbonyl (C=O) groups excluding carboxylic acids is 2. The number of ether oxygens (including phenoxy) is 6. The molecule has 0 bridgehead atoms. The van der Waals surface area contributed by atoms with E-state index < -0.39 is 24.2 Å². The molecule has 0 fully saturated rings. The summed E-state index contributed by atoms with van der Waals surface area (Å²) < 4.78 is 31.0. The van der Waals surface area contributed by atoms with E-state index in [1.807, 2.05) is 65.8 Å². The Bertz CT molecular complexity index is 1190. The molecular formula is C40H70N4O10. The second-order valence-electron chi connectivity index (χ2n) is 11.4. The second kappa shape index (κ2) is 34.6. The van der Waals surface area contributed by atoms with Gasteiger partial charge in [0.25, 0.3) is 0 Å². The fourth-order valence-electron chi connectivity index (χ4n) is 4.66. The van der Waals surface area contributed by atoms with Crippen LogP contribution < -0.4 is 29.9 Å². The molecule has 0 heterocycles. The lowest BCUT2D eigenvalue weighted by Crippen LogP contribution is -2.42. The van der Waals surface area contributed by atoms with E-state index in [0.29, 0.717) is 63.9 Å². The van der Waals surface area contributed by atoms with Crippen LogP contribution in [0.2, 0.25) is 0 Å². The lowest BCUT2D eigenvalue weighted by molar-refractivity contribution is -0.139. The molecule has 0 aliphatic carbocycles. The molecule has 0 saturated heterocycles. The number of carboxylic acids is 1. The molecule has 2 atom stereocenters. The Hall–Kier alpha value is -4.11. The summed E-state index contributed by atoms with van der Waals surface area (Å²) >= 11 is 0. The minimum Gasteiger partial charge on any atom is -0.480 e. The molecule has 2 aromatic carbocycles. The third-order valence-electron chi connectivity index (χ3n) is 7.34. The largest absolute Gasteiger partial charge is 0.480 e. The summed E-state index contributed by atoms with van der Waals surface area (Å²) in [6, 6.07) is 13.6. The number of benzene rings is 2. The third-order valence-corrected chi connectivity index (χ3v) is 7.34. The van der Waals surface area contributed by atoms with Crippen molar-refractivity contribution in [3.63, 3.8) is 0 Å². The van der Waals surface area contributed by atoms with Crippen molar-refractivity contribution in [1.29, 1.82) is 0 Å². The maximum atomic E-state index is 11.9. The zero-order valence-electron chi connectivity index (χ0n) is 34.8. The maximum Gasteiger partial charge on any atom is 0.413 e. The quantitative estimate of drug-likeness (QED) is 0.104. The van der Waals surface area contributed by atoms with Gasteiger partial charge < -0.3 is 54.0 Å². The van der Waals surface area contributed by atoms with Gasteiger partial charge in [-0.05, 0) is 68.3 Å². The van der Waals surface area contributed by atoms with Crippen LogP contribution in [0.15, 0.2) is 48.5 Å². The van der Waals surface area contributed by atoms with Crippen LogP contribution in [0.25, 0.3) is 0 Å². The molecule has 0 aliphatic rings. The summed E-state index contributed by atoms with van der Waals surface area (Å²) in [6.07, 6.45) is 1.74. The van der Waals surface area contributed by atoms with Crippen molar-refractivity contribution in [2.45, 2.75) is 86.2 Å². The molecule has 0 unspecified atom stereocenters. The Morgan fingerprint density at radius 3 is 1.22 bits per heavy atom. The van der Waals surface area contributed by atoms with Gasteiger partial charge in [0.2, 0.25) is 0 Å². The average Bonchev–Trinajstić information content (AvgIpc) is 3.17. The van der Waals surface area contributed by atoms with Crippen molar-refractivity contribution in [3.05, 3.63) is 48.5 Å². The summed E-state index contributed by atoms with van der Waals surface area (Å²) in [6.45, 7) is 19.3. The standard InChI is InChI=1S/C18H28N2O6.C18H30N2O4.2C2H6/c1-4-5-16(17(21)22)19-18(23)26-15-8-6-14(7-9-15)20(10-12-24-2)11-13-25-3;1-5-6-15(2)19-18(21)24-17-9-7-16(8-10-17)20(11-13-22-3)12-14-23-4;2*1-2/h6-9,16H,4-5,10-13H2,1-3H3,(H,19,23)(H,21,22);7-10,15H,5-6,11-14H2,1-4H3,(H,19,21);2*1-2H3/t16-;15-;;/m01../s1. The van der Waals surface area contributed by atoms with E-state index in [0.717, 1.165) is 37.3 Å². The normalized spacial score (nSPS) is 11.1. The highest BCUT2D eigenvalue weighted by atomic mass is 16.6. The molecule has 2 rings (SSSR count). The first kappa shape index (κ1) is 52.0. The first-order valence-corrected chi connectivity index (χ1v) is 19.0. The molecule has 54 heavy (non-hydrogen) atoms. The fraction of sp³-hybridized carbons (Fsp3) is 0.625. The van der Waals surface area contributed by atoms with E-state index in [1.54, 1.807) is 52.7 Å². The number of amides is 2. The van der Waals surface area contributed by atoms with Crippen LogP contribution in [0.5, 0.6) is 11.5 Å². The third kappa shape index (κ3) is 24.3. The van der Waals surface area contributed by atoms with Crippen molar-refractivity contribution in [2.75, 3.05) is 90.8 Å². The summed E-state index contributed by atoms with van der Waals surface area (Å²) in [7, 11) is 6.66. The smallest absolute Gasteiger partial charge is 0.413 e. The van der Waals surface area contributed by atoms with Gasteiger partial charge in [0.1, 0.15) is 17.5 Å². The summed E-state index contributed by atoms with van der Waals surface area (Å²) in [5, 5.41) is 14.2. The van der Waals surface area contributed by atoms with E-state index in [4.69, 9.17) is 33.5 Å². The molecule has 2 amide bonds. The number of nitrogens with one attached hydrogen (secondary N) is 2. The van der Waals surface area contributed by atoms with Crippen molar-refractivity contribution >= 4 is 29.5 Å². The highest BCUT2D eigenvalue weighted by Crippen LogP contribution is 2.21. The van der Waals surface area contributed by atoms with Gasteiger partial charge in [-0.15, -0.1) is 0 Å². The number of rotatable bonds is 23. The van der Waals surface area contributed by atoms with Crippen molar-refractivity contribution in [2.24, 2.45) is 0 Å².